The van der Waals surface area contributed by atoms with Crippen molar-refractivity contribution in [3.8, 4) is 0 Å². The highest BCUT2D eigenvalue weighted by Crippen LogP contribution is 2.32. The number of aryl methyl sites for hydroxylation is 1. The lowest BCUT2D eigenvalue weighted by atomic mass is 10.2. The summed E-state index contributed by atoms with van der Waals surface area (Å²) < 4.78 is 2.06. The molecule has 0 unspecified atom stereocenters. The molecule has 1 N–H and O–H groups in total. The Morgan fingerprint density at radius 3 is 2.71 bits per heavy atom. The van der Waals surface area contributed by atoms with E-state index >= 15 is 0 Å². The highest BCUT2D eigenvalue weighted by Gasteiger charge is 2.34. The molecule has 28 heavy (non-hydrogen) atoms. The van der Waals surface area contributed by atoms with Crippen LogP contribution in [0.15, 0.2) is 43.0 Å². The van der Waals surface area contributed by atoms with Crippen molar-refractivity contribution in [1.29, 1.82) is 0 Å². The third-order valence-corrected chi connectivity index (χ3v) is 5.09. The Morgan fingerprint density at radius 2 is 1.96 bits per heavy atom. The van der Waals surface area contributed by atoms with Crippen LogP contribution < -0.4 is 5.32 Å². The van der Waals surface area contributed by atoms with Gasteiger partial charge in [-0.3, -0.25) is 0 Å². The molecule has 2 amide bonds. The average molecular weight is 398 g/mol. The largest absolute Gasteiger partial charge is 0.322 e. The Labute approximate surface area is 167 Å². The standard InChI is InChI=1S/C19H20ClN7O/c1-13-24-25-18(27(13)11-14-4-6-15(20)7-5-14)17-3-2-8-26(17)19(28)23-16-9-21-12-22-10-16/h4-7,9-10,12,17H,2-3,8,11H2,1H3,(H,23,28)/t17-/m1/s1. The SMILES string of the molecule is Cc1nnc([C@H]2CCCN2C(=O)Nc2cncnc2)n1Cc1ccc(Cl)cc1. The summed E-state index contributed by atoms with van der Waals surface area (Å²) >= 11 is 5.99. The van der Waals surface area contributed by atoms with Gasteiger partial charge in [0.2, 0.25) is 0 Å². The summed E-state index contributed by atoms with van der Waals surface area (Å²) in [6, 6.07) is 7.40. The summed E-state index contributed by atoms with van der Waals surface area (Å²) in [7, 11) is 0. The van der Waals surface area contributed by atoms with E-state index < -0.39 is 0 Å². The van der Waals surface area contributed by atoms with Gasteiger partial charge >= 0.3 is 6.03 Å². The number of rotatable bonds is 4. The van der Waals surface area contributed by atoms with Crippen LogP contribution in [0.3, 0.4) is 0 Å². The first kappa shape index (κ1) is 18.4. The second kappa shape index (κ2) is 7.93. The molecule has 4 rings (SSSR count). The number of nitrogens with one attached hydrogen (secondary N) is 1. The highest BCUT2D eigenvalue weighted by molar-refractivity contribution is 6.30. The zero-order valence-electron chi connectivity index (χ0n) is 15.4. The molecule has 0 bridgehead atoms. The molecular formula is C19H20ClN7O. The Hall–Kier alpha value is -3.00. The summed E-state index contributed by atoms with van der Waals surface area (Å²) in [6.45, 7) is 3.22. The number of urea groups is 1. The molecule has 1 aromatic carbocycles. The van der Waals surface area contributed by atoms with Crippen LogP contribution in [0.1, 0.15) is 36.1 Å². The number of nitrogens with zero attached hydrogens (tertiary/aromatic N) is 6. The maximum absolute atomic E-state index is 12.8. The van der Waals surface area contributed by atoms with Crippen LogP contribution >= 0.6 is 11.6 Å². The number of amides is 2. The van der Waals surface area contributed by atoms with Gasteiger partial charge in [-0.25, -0.2) is 14.8 Å². The van der Waals surface area contributed by atoms with Gasteiger partial charge in [0.25, 0.3) is 0 Å². The molecule has 1 aliphatic heterocycles. The van der Waals surface area contributed by atoms with Gasteiger partial charge in [0.15, 0.2) is 5.82 Å². The second-order valence-corrected chi connectivity index (χ2v) is 7.16. The van der Waals surface area contributed by atoms with E-state index in [-0.39, 0.29) is 12.1 Å². The fourth-order valence-corrected chi connectivity index (χ4v) is 3.57. The minimum atomic E-state index is -0.184. The van der Waals surface area contributed by atoms with Crippen molar-refractivity contribution >= 4 is 23.3 Å². The number of halogens is 1. The number of anilines is 1. The number of benzene rings is 1. The Balaban J connectivity index is 1.56. The fraction of sp³-hybridized carbons (Fsp3) is 0.316. The van der Waals surface area contributed by atoms with Gasteiger partial charge in [0.05, 0.1) is 30.7 Å². The Kier molecular flexibility index (Phi) is 5.21. The Morgan fingerprint density at radius 1 is 1.21 bits per heavy atom. The molecule has 0 radical (unpaired) electrons. The van der Waals surface area contributed by atoms with Crippen molar-refractivity contribution < 1.29 is 4.79 Å². The zero-order valence-corrected chi connectivity index (χ0v) is 16.2. The summed E-state index contributed by atoms with van der Waals surface area (Å²) in [6.07, 6.45) is 6.33. The van der Waals surface area contributed by atoms with Crippen LogP contribution in [0.25, 0.3) is 0 Å². The number of carbonyl (C=O) groups is 1. The molecule has 3 aromatic rings. The minimum absolute atomic E-state index is 0.127. The van der Waals surface area contributed by atoms with Crippen molar-refractivity contribution in [2.45, 2.75) is 32.4 Å². The van der Waals surface area contributed by atoms with Gasteiger partial charge in [-0.1, -0.05) is 23.7 Å². The van der Waals surface area contributed by atoms with Crippen LogP contribution in [0, 0.1) is 6.92 Å². The third kappa shape index (κ3) is 3.82. The van der Waals surface area contributed by atoms with Crippen LogP contribution in [0.4, 0.5) is 10.5 Å². The van der Waals surface area contributed by atoms with Crippen molar-refractivity contribution in [2.24, 2.45) is 0 Å². The van der Waals surface area contributed by atoms with Gasteiger partial charge < -0.3 is 14.8 Å². The number of aromatic nitrogens is 5. The lowest BCUT2D eigenvalue weighted by Gasteiger charge is -2.25. The lowest BCUT2D eigenvalue weighted by Crippen LogP contribution is -2.35. The molecule has 1 atom stereocenters. The van der Waals surface area contributed by atoms with Crippen LogP contribution in [-0.4, -0.2) is 42.2 Å². The lowest BCUT2D eigenvalue weighted by molar-refractivity contribution is 0.204. The van der Waals surface area contributed by atoms with E-state index in [1.54, 1.807) is 17.3 Å². The van der Waals surface area contributed by atoms with Crippen molar-refractivity contribution in [3.63, 3.8) is 0 Å². The van der Waals surface area contributed by atoms with Crippen LogP contribution in [0.5, 0.6) is 0 Å². The average Bonchev–Trinajstić information content (AvgIpc) is 3.32. The van der Waals surface area contributed by atoms with Gasteiger partial charge in [-0.2, -0.15) is 0 Å². The Bertz CT molecular complexity index is 958. The van der Waals surface area contributed by atoms with E-state index in [9.17, 15) is 4.79 Å². The monoisotopic (exact) mass is 397 g/mol. The molecule has 0 saturated carbocycles. The van der Waals surface area contributed by atoms with Crippen LogP contribution in [-0.2, 0) is 6.54 Å². The predicted octanol–water partition coefficient (Wildman–Crippen LogP) is 3.45. The molecule has 8 nitrogen and oxygen atoms in total. The molecule has 144 valence electrons. The molecule has 1 fully saturated rings. The van der Waals surface area contributed by atoms with E-state index in [1.165, 1.54) is 6.33 Å². The molecule has 2 aromatic heterocycles. The highest BCUT2D eigenvalue weighted by atomic mass is 35.5. The first-order valence-electron chi connectivity index (χ1n) is 9.08. The molecule has 1 saturated heterocycles. The zero-order chi connectivity index (χ0) is 19.5. The smallest absolute Gasteiger partial charge is 0.314 e. The van der Waals surface area contributed by atoms with Crippen molar-refractivity contribution in [1.82, 2.24) is 29.6 Å². The number of hydrogen-bond acceptors (Lipinski definition) is 5. The van der Waals surface area contributed by atoms with Crippen LogP contribution in [0.2, 0.25) is 5.02 Å². The van der Waals surface area contributed by atoms with Crippen molar-refractivity contribution in [2.75, 3.05) is 11.9 Å². The quantitative estimate of drug-likeness (QED) is 0.728. The molecule has 3 heterocycles. The van der Waals surface area contributed by atoms with Crippen molar-refractivity contribution in [3.05, 3.63) is 65.2 Å². The van der Waals surface area contributed by atoms with E-state index in [4.69, 9.17) is 11.6 Å². The number of hydrogen-bond donors (Lipinski definition) is 1. The van der Waals surface area contributed by atoms with E-state index in [0.29, 0.717) is 23.8 Å². The number of likely N-dealkylation sites (tertiary alicyclic amines) is 1. The van der Waals surface area contributed by atoms with E-state index in [2.05, 4.69) is 30.0 Å². The predicted molar refractivity (Wildman–Crippen MR) is 105 cm³/mol. The minimum Gasteiger partial charge on any atom is -0.314 e. The second-order valence-electron chi connectivity index (χ2n) is 6.73. The summed E-state index contributed by atoms with van der Waals surface area (Å²) in [5.41, 5.74) is 1.67. The fourth-order valence-electron chi connectivity index (χ4n) is 3.45. The molecule has 0 spiro atoms. The normalized spacial score (nSPS) is 16.4. The van der Waals surface area contributed by atoms with E-state index in [0.717, 1.165) is 30.1 Å². The maximum Gasteiger partial charge on any atom is 0.322 e. The first-order valence-corrected chi connectivity index (χ1v) is 9.46. The molecule has 1 aliphatic rings. The molecular weight excluding hydrogens is 378 g/mol. The first-order chi connectivity index (χ1) is 13.6. The van der Waals surface area contributed by atoms with Gasteiger partial charge in [0.1, 0.15) is 12.2 Å². The van der Waals surface area contributed by atoms with Gasteiger partial charge in [-0.15, -0.1) is 10.2 Å². The summed E-state index contributed by atoms with van der Waals surface area (Å²) in [5.74, 6) is 1.61. The number of carbonyl (C=O) groups excluding carboxylic acids is 1. The summed E-state index contributed by atoms with van der Waals surface area (Å²) in [4.78, 5) is 22.5. The molecule has 0 aliphatic carbocycles. The van der Waals surface area contributed by atoms with E-state index in [1.807, 2.05) is 31.2 Å². The van der Waals surface area contributed by atoms with Gasteiger partial charge in [0, 0.05) is 11.6 Å². The summed E-state index contributed by atoms with van der Waals surface area (Å²) in [5, 5.41) is 12.2. The molecule has 9 heteroatoms. The van der Waals surface area contributed by atoms with Gasteiger partial charge in [-0.05, 0) is 37.5 Å². The maximum atomic E-state index is 12.8. The third-order valence-electron chi connectivity index (χ3n) is 4.84. The topological polar surface area (TPSA) is 88.8 Å².